The van der Waals surface area contributed by atoms with Crippen LogP contribution in [-0.2, 0) is 32.0 Å². The number of thiophene rings is 2. The average molecular weight is 523 g/mol. The van der Waals surface area contributed by atoms with Gasteiger partial charge in [-0.3, -0.25) is 0 Å². The van der Waals surface area contributed by atoms with Crippen molar-refractivity contribution in [1.29, 1.82) is 0 Å². The molecule has 35 heavy (non-hydrogen) atoms. The van der Waals surface area contributed by atoms with Gasteiger partial charge in [0, 0.05) is 25.4 Å². The molecule has 2 aromatic heterocycles. The van der Waals surface area contributed by atoms with Crippen LogP contribution in [0.1, 0.15) is 28.8 Å². The summed E-state index contributed by atoms with van der Waals surface area (Å²) in [5, 5.41) is 4.88. The van der Waals surface area contributed by atoms with Crippen molar-refractivity contribution in [3.05, 3.63) is 57.8 Å². The Bertz CT molecular complexity index is 1290. The van der Waals surface area contributed by atoms with Crippen LogP contribution in [0.3, 0.4) is 0 Å². The van der Waals surface area contributed by atoms with Gasteiger partial charge >= 0.3 is 41.9 Å². The molecule has 0 saturated carbocycles. The summed E-state index contributed by atoms with van der Waals surface area (Å²) in [6, 6.07) is 13.0. The van der Waals surface area contributed by atoms with Crippen LogP contribution in [0.25, 0.3) is 20.2 Å². The summed E-state index contributed by atoms with van der Waals surface area (Å²) in [4.78, 5) is 33.9. The Morgan fingerprint density at radius 2 is 1.29 bits per heavy atom. The molecule has 10 heteroatoms. The second-order valence-electron chi connectivity index (χ2n) is 7.27. The molecule has 178 valence electrons. The fourth-order valence-corrected chi connectivity index (χ4v) is 6.00. The zero-order valence-corrected chi connectivity index (χ0v) is 23.1. The first-order chi connectivity index (χ1) is 16.1. The minimum absolute atomic E-state index is 0. The normalized spacial score (nSPS) is 12.3. The predicted molar refractivity (Wildman–Crippen MR) is 128 cm³/mol. The quantitative estimate of drug-likeness (QED) is 0.326. The Kier molecular flexibility index (Phi) is 13.7. The summed E-state index contributed by atoms with van der Waals surface area (Å²) in [7, 11) is 0. The van der Waals surface area contributed by atoms with E-state index < -0.39 is 0 Å². The van der Waals surface area contributed by atoms with E-state index in [0.29, 0.717) is 0 Å². The molecular formula is C25H23NaO7S2. The zero-order valence-electron chi connectivity index (χ0n) is 19.5. The molecule has 0 aliphatic carbocycles. The Labute approximate surface area is 232 Å². The van der Waals surface area contributed by atoms with Gasteiger partial charge in [0.2, 0.25) is 0 Å². The topological polar surface area (TPSA) is 117 Å². The number of aryl methyl sites for hydroxylation is 3. The van der Waals surface area contributed by atoms with Gasteiger partial charge in [-0.15, -0.1) is 22.7 Å². The third-order valence-corrected chi connectivity index (χ3v) is 7.32. The minimum Gasteiger partial charge on any atom is -0.870 e. The van der Waals surface area contributed by atoms with E-state index in [-0.39, 0.29) is 47.3 Å². The number of hydrogen-bond donors (Lipinski definition) is 0. The van der Waals surface area contributed by atoms with Gasteiger partial charge in [-0.2, -0.15) is 19.2 Å². The molecule has 1 N–H and O–H groups in total. The van der Waals surface area contributed by atoms with Crippen molar-refractivity contribution in [3.8, 4) is 11.5 Å². The van der Waals surface area contributed by atoms with Crippen LogP contribution in [-0.4, -0.2) is 31.0 Å². The fourth-order valence-electron chi connectivity index (χ4n) is 3.95. The molecule has 0 amide bonds. The van der Waals surface area contributed by atoms with E-state index in [0.717, 1.165) is 37.6 Å². The van der Waals surface area contributed by atoms with Crippen LogP contribution in [0, 0.1) is 6.92 Å². The van der Waals surface area contributed by atoms with Gasteiger partial charge in [0.15, 0.2) is 0 Å². The number of fused-ring (bicyclic) bond motifs is 6. The number of benzene rings is 2. The van der Waals surface area contributed by atoms with Gasteiger partial charge in [-0.1, -0.05) is 0 Å². The summed E-state index contributed by atoms with van der Waals surface area (Å²) < 4.78 is 14.1. The van der Waals surface area contributed by atoms with Crippen molar-refractivity contribution in [2.45, 2.75) is 32.6 Å². The van der Waals surface area contributed by atoms with Gasteiger partial charge in [-0.05, 0) is 85.2 Å². The van der Waals surface area contributed by atoms with E-state index >= 15 is 0 Å². The van der Waals surface area contributed by atoms with Gasteiger partial charge in [0.05, 0.1) is 13.2 Å². The first kappa shape index (κ1) is 30.7. The maximum atomic E-state index is 8.12. The third kappa shape index (κ3) is 7.84. The maximum Gasteiger partial charge on any atom is 1.00 e. The Balaban J connectivity index is 0.000000275. The van der Waals surface area contributed by atoms with E-state index in [1.807, 2.05) is 22.7 Å². The van der Waals surface area contributed by atoms with Gasteiger partial charge in [0.1, 0.15) is 11.5 Å². The van der Waals surface area contributed by atoms with Crippen molar-refractivity contribution >= 4 is 55.1 Å². The predicted octanol–water partition coefficient (Wildman–Crippen LogP) is 2.42. The fraction of sp³-hybridized carbons (Fsp3) is 0.280. The number of carbonyl (C=O) groups excluding carboxylic acids is 4. The summed E-state index contributed by atoms with van der Waals surface area (Å²) >= 11 is 3.71. The zero-order chi connectivity index (χ0) is 23.6. The number of hydrogen-bond acceptors (Lipinski definition) is 9. The molecule has 6 rings (SSSR count). The summed E-state index contributed by atoms with van der Waals surface area (Å²) in [5.74, 6) is 2.20. The molecule has 0 unspecified atom stereocenters. The van der Waals surface area contributed by atoms with Crippen molar-refractivity contribution in [1.82, 2.24) is 0 Å². The largest absolute Gasteiger partial charge is 1.00 e. The molecule has 2 aliphatic rings. The van der Waals surface area contributed by atoms with Gasteiger partial charge in [0.25, 0.3) is 0 Å². The second kappa shape index (κ2) is 15.6. The molecule has 4 aromatic rings. The van der Waals surface area contributed by atoms with Crippen LogP contribution in [0.4, 0.5) is 0 Å². The molecule has 2 aromatic carbocycles. The average Bonchev–Trinajstić information content (AvgIpc) is 3.47. The Morgan fingerprint density at radius 1 is 0.771 bits per heavy atom. The van der Waals surface area contributed by atoms with Crippen LogP contribution < -0.4 is 39.0 Å². The van der Waals surface area contributed by atoms with E-state index in [2.05, 4.69) is 48.7 Å². The van der Waals surface area contributed by atoms with Gasteiger partial charge in [-0.25, -0.2) is 0 Å². The first-order valence-electron chi connectivity index (χ1n) is 10.4. The second-order valence-corrected chi connectivity index (χ2v) is 9.44. The minimum atomic E-state index is 0. The molecule has 7 nitrogen and oxygen atoms in total. The van der Waals surface area contributed by atoms with E-state index in [1.54, 1.807) is 0 Å². The van der Waals surface area contributed by atoms with Crippen molar-refractivity contribution in [2.24, 2.45) is 0 Å². The Hall–Kier alpha value is -2.32. The molecule has 0 spiro atoms. The number of ether oxygens (including phenoxy) is 2. The molecule has 0 bridgehead atoms. The van der Waals surface area contributed by atoms with Crippen molar-refractivity contribution in [3.63, 3.8) is 0 Å². The third-order valence-electron chi connectivity index (χ3n) is 5.21. The standard InChI is InChI=1S/C12H12OS.C11H10OS.2CO2.Na.H2O/c1-8-7-9-4-5-11-10(12(9)14-8)3-2-6-13-11;1-2-9-10(12-6-1)4-3-8-5-7-13-11(8)9;2*2-1-3;;/h4-5,7H,2-3,6H2,1H3;3-5,7H,1-2,6H2;;;;1H2/q;;;;+1;/p-1. The molecular weight excluding hydrogens is 499 g/mol. The number of rotatable bonds is 0. The summed E-state index contributed by atoms with van der Waals surface area (Å²) in [5.41, 5.74) is 2.84. The van der Waals surface area contributed by atoms with Crippen LogP contribution in [0.5, 0.6) is 11.5 Å². The molecule has 0 atom stereocenters. The summed E-state index contributed by atoms with van der Waals surface area (Å²) in [6.45, 7) is 3.92. The molecule has 0 fully saturated rings. The first-order valence-corrected chi connectivity index (χ1v) is 12.1. The SMILES string of the molecule is Cc1cc2ccc3c(c2s1)CCCO3.O=C=O.O=C=O.[Na+].[OH-].c1cc2ccc3c(c2s1)CCCO3. The van der Waals surface area contributed by atoms with Crippen LogP contribution in [0.2, 0.25) is 0 Å². The van der Waals surface area contributed by atoms with Crippen LogP contribution >= 0.6 is 22.7 Å². The van der Waals surface area contributed by atoms with Gasteiger partial charge < -0.3 is 14.9 Å². The molecule has 4 heterocycles. The van der Waals surface area contributed by atoms with Crippen LogP contribution in [0.15, 0.2) is 41.8 Å². The summed E-state index contributed by atoms with van der Waals surface area (Å²) in [6.07, 6.45) is 5.16. The maximum absolute atomic E-state index is 8.12. The molecule has 0 saturated heterocycles. The molecule has 2 aliphatic heterocycles. The monoisotopic (exact) mass is 522 g/mol. The Morgan fingerprint density at radius 3 is 1.86 bits per heavy atom. The van der Waals surface area contributed by atoms with E-state index in [1.165, 1.54) is 49.0 Å². The van der Waals surface area contributed by atoms with Crippen molar-refractivity contribution < 1.29 is 63.7 Å². The van der Waals surface area contributed by atoms with Crippen molar-refractivity contribution in [2.75, 3.05) is 13.2 Å². The van der Waals surface area contributed by atoms with E-state index in [4.69, 9.17) is 28.7 Å². The van der Waals surface area contributed by atoms with E-state index in [9.17, 15) is 0 Å². The molecule has 0 radical (unpaired) electrons. The smallest absolute Gasteiger partial charge is 0.870 e.